The first-order chi connectivity index (χ1) is 20.4. The molecule has 2 unspecified atom stereocenters. The van der Waals surface area contributed by atoms with E-state index >= 15 is 0 Å². The first-order valence-electron chi connectivity index (χ1n) is 14.9. The van der Waals surface area contributed by atoms with Crippen molar-refractivity contribution in [2.75, 3.05) is 42.9 Å². The van der Waals surface area contributed by atoms with Crippen LogP contribution in [-0.4, -0.2) is 66.6 Å². The SMILES string of the molecule is Cc1ccccc1CC1CCCN(c2ccc(C(=O)NCC(O)CN3CCCC3=O)cc2NC(=O)c2ccco2)CC1. The molecule has 0 radical (unpaired) electrons. The van der Waals surface area contributed by atoms with E-state index in [4.69, 9.17) is 4.42 Å². The number of amides is 3. The van der Waals surface area contributed by atoms with Crippen molar-refractivity contribution in [3.05, 3.63) is 83.3 Å². The number of aryl methyl sites for hydroxylation is 1. The lowest BCUT2D eigenvalue weighted by molar-refractivity contribution is -0.128. The topological polar surface area (TPSA) is 115 Å². The van der Waals surface area contributed by atoms with Gasteiger partial charge in [0.05, 0.1) is 23.7 Å². The highest BCUT2D eigenvalue weighted by Crippen LogP contribution is 2.32. The zero-order chi connectivity index (χ0) is 29.5. The predicted octanol–water partition coefficient (Wildman–Crippen LogP) is 4.40. The zero-order valence-corrected chi connectivity index (χ0v) is 24.2. The molecule has 2 aromatic carbocycles. The number of benzene rings is 2. The van der Waals surface area contributed by atoms with Crippen LogP contribution < -0.4 is 15.5 Å². The molecule has 9 nitrogen and oxygen atoms in total. The summed E-state index contributed by atoms with van der Waals surface area (Å²) in [5.41, 5.74) is 4.48. The average molecular weight is 573 g/mol. The maximum atomic E-state index is 13.1. The first-order valence-corrected chi connectivity index (χ1v) is 14.9. The fourth-order valence-corrected chi connectivity index (χ4v) is 5.93. The van der Waals surface area contributed by atoms with E-state index in [1.54, 1.807) is 29.2 Å². The second-order valence-corrected chi connectivity index (χ2v) is 11.4. The van der Waals surface area contributed by atoms with Crippen molar-refractivity contribution < 1.29 is 23.9 Å². The Bertz CT molecular complexity index is 1390. The fourth-order valence-electron chi connectivity index (χ4n) is 5.93. The number of rotatable bonds is 10. The number of aliphatic hydroxyl groups is 1. The van der Waals surface area contributed by atoms with Crippen molar-refractivity contribution in [1.82, 2.24) is 10.2 Å². The van der Waals surface area contributed by atoms with Crippen LogP contribution in [-0.2, 0) is 11.2 Å². The molecule has 42 heavy (non-hydrogen) atoms. The van der Waals surface area contributed by atoms with Gasteiger partial charge in [0, 0.05) is 44.7 Å². The van der Waals surface area contributed by atoms with Crippen molar-refractivity contribution in [3.63, 3.8) is 0 Å². The lowest BCUT2D eigenvalue weighted by Crippen LogP contribution is -2.40. The Balaban J connectivity index is 1.28. The third-order valence-electron chi connectivity index (χ3n) is 8.31. The molecule has 0 spiro atoms. The van der Waals surface area contributed by atoms with Crippen LogP contribution in [0.4, 0.5) is 11.4 Å². The summed E-state index contributed by atoms with van der Waals surface area (Å²) in [5.74, 6) is 0.0322. The zero-order valence-electron chi connectivity index (χ0n) is 24.2. The largest absolute Gasteiger partial charge is 0.459 e. The maximum Gasteiger partial charge on any atom is 0.291 e. The molecule has 0 bridgehead atoms. The number of carbonyl (C=O) groups excluding carboxylic acids is 3. The van der Waals surface area contributed by atoms with Crippen molar-refractivity contribution in [1.29, 1.82) is 0 Å². The van der Waals surface area contributed by atoms with Gasteiger partial charge in [0.15, 0.2) is 5.76 Å². The van der Waals surface area contributed by atoms with Crippen LogP contribution in [0.25, 0.3) is 0 Å². The summed E-state index contributed by atoms with van der Waals surface area (Å²) >= 11 is 0. The molecule has 2 atom stereocenters. The van der Waals surface area contributed by atoms with E-state index < -0.39 is 12.0 Å². The number of nitrogens with zero attached hydrogens (tertiary/aromatic N) is 2. The van der Waals surface area contributed by atoms with Crippen molar-refractivity contribution >= 4 is 29.1 Å². The molecule has 0 saturated carbocycles. The van der Waals surface area contributed by atoms with Gasteiger partial charge in [-0.25, -0.2) is 0 Å². The molecular weight excluding hydrogens is 532 g/mol. The van der Waals surface area contributed by atoms with E-state index in [2.05, 4.69) is 46.7 Å². The van der Waals surface area contributed by atoms with E-state index in [-0.39, 0.29) is 30.7 Å². The minimum Gasteiger partial charge on any atom is -0.459 e. The Morgan fingerprint density at radius 3 is 2.64 bits per heavy atom. The van der Waals surface area contributed by atoms with Crippen molar-refractivity contribution in [2.24, 2.45) is 5.92 Å². The molecule has 2 saturated heterocycles. The summed E-state index contributed by atoms with van der Waals surface area (Å²) in [7, 11) is 0. The summed E-state index contributed by atoms with van der Waals surface area (Å²) < 4.78 is 5.30. The Hall–Kier alpha value is -4.11. The molecule has 1 aromatic heterocycles. The van der Waals surface area contributed by atoms with Crippen LogP contribution in [0.15, 0.2) is 65.3 Å². The highest BCUT2D eigenvalue weighted by atomic mass is 16.3. The van der Waals surface area contributed by atoms with Gasteiger partial charge < -0.3 is 30.0 Å². The van der Waals surface area contributed by atoms with E-state index in [0.717, 1.165) is 50.9 Å². The minimum atomic E-state index is -0.863. The summed E-state index contributed by atoms with van der Waals surface area (Å²) in [5, 5.41) is 16.1. The number of likely N-dealkylation sites (tertiary alicyclic amines) is 1. The molecular formula is C33H40N4O5. The van der Waals surface area contributed by atoms with E-state index in [9.17, 15) is 19.5 Å². The number of furan rings is 1. The first kappa shape index (κ1) is 29.4. The molecule has 3 amide bonds. The van der Waals surface area contributed by atoms with Crippen LogP contribution in [0.2, 0.25) is 0 Å². The predicted molar refractivity (Wildman–Crippen MR) is 162 cm³/mol. The van der Waals surface area contributed by atoms with Gasteiger partial charge in [-0.3, -0.25) is 14.4 Å². The number of carbonyl (C=O) groups is 3. The minimum absolute atomic E-state index is 0.0207. The molecule has 3 aromatic rings. The lowest BCUT2D eigenvalue weighted by atomic mass is 9.91. The van der Waals surface area contributed by atoms with E-state index in [1.807, 2.05) is 6.07 Å². The molecule has 2 aliphatic heterocycles. The summed E-state index contributed by atoms with van der Waals surface area (Å²) in [6, 6.07) is 17.1. The Kier molecular flexibility index (Phi) is 9.59. The number of β-amino-alcohol motifs (C(OH)–C–C–N with tert-alkyl or cyclic N) is 1. The average Bonchev–Trinajstić information content (AvgIpc) is 3.61. The molecule has 2 fully saturated rings. The number of nitrogens with one attached hydrogen (secondary N) is 2. The van der Waals surface area contributed by atoms with Crippen LogP contribution in [0, 0.1) is 12.8 Å². The number of hydrogen-bond donors (Lipinski definition) is 3. The normalized spacial score (nSPS) is 18.0. The summed E-state index contributed by atoms with van der Waals surface area (Å²) in [4.78, 5) is 41.8. The van der Waals surface area contributed by atoms with Gasteiger partial charge in [-0.15, -0.1) is 0 Å². The number of aliphatic hydroxyl groups excluding tert-OH is 1. The van der Waals surface area contributed by atoms with Crippen LogP contribution in [0.3, 0.4) is 0 Å². The van der Waals surface area contributed by atoms with Crippen molar-refractivity contribution in [3.8, 4) is 0 Å². The maximum absolute atomic E-state index is 13.1. The third kappa shape index (κ3) is 7.39. The highest BCUT2D eigenvalue weighted by molar-refractivity contribution is 6.05. The number of anilines is 2. The van der Waals surface area contributed by atoms with Crippen LogP contribution >= 0.6 is 0 Å². The molecule has 2 aliphatic rings. The molecule has 5 rings (SSSR count). The molecule has 9 heteroatoms. The van der Waals surface area contributed by atoms with Crippen LogP contribution in [0.1, 0.15) is 64.1 Å². The van der Waals surface area contributed by atoms with Gasteiger partial charge >= 0.3 is 0 Å². The highest BCUT2D eigenvalue weighted by Gasteiger charge is 2.24. The third-order valence-corrected chi connectivity index (χ3v) is 8.31. The standard InChI is InChI=1S/C33H40N4O5/c1-23-7-2-3-9-25(23)19-24-8-4-15-36(17-14-24)29-13-12-26(20-28(29)35-33(41)30-10-6-18-42-30)32(40)34-21-27(38)22-37-16-5-11-31(37)39/h2-3,6-7,9-10,12-13,18,20,24,27,38H,4-5,8,11,14-17,19,21-22H2,1H3,(H,34,40)(H,35,41). The summed E-state index contributed by atoms with van der Waals surface area (Å²) in [6.45, 7) is 4.70. The lowest BCUT2D eigenvalue weighted by Gasteiger charge is -2.26. The Morgan fingerprint density at radius 1 is 1.02 bits per heavy atom. The quantitative estimate of drug-likeness (QED) is 0.332. The second kappa shape index (κ2) is 13.7. The van der Waals surface area contributed by atoms with Gasteiger partial charge in [0.25, 0.3) is 11.8 Å². The van der Waals surface area contributed by atoms with Gasteiger partial charge in [0.2, 0.25) is 5.91 Å². The summed E-state index contributed by atoms with van der Waals surface area (Å²) in [6.07, 6.45) is 6.12. The smallest absolute Gasteiger partial charge is 0.291 e. The Morgan fingerprint density at radius 2 is 1.88 bits per heavy atom. The van der Waals surface area contributed by atoms with Gasteiger partial charge in [-0.2, -0.15) is 0 Å². The Labute approximate surface area is 246 Å². The molecule has 3 heterocycles. The van der Waals surface area contributed by atoms with Crippen molar-refractivity contribution in [2.45, 2.75) is 51.6 Å². The van der Waals surface area contributed by atoms with E-state index in [1.165, 1.54) is 17.4 Å². The van der Waals surface area contributed by atoms with Gasteiger partial charge in [-0.1, -0.05) is 24.3 Å². The molecule has 222 valence electrons. The number of hydrogen-bond acceptors (Lipinski definition) is 6. The van der Waals surface area contributed by atoms with Gasteiger partial charge in [0.1, 0.15) is 0 Å². The molecule has 0 aliphatic carbocycles. The van der Waals surface area contributed by atoms with Gasteiger partial charge in [-0.05, 0) is 86.4 Å². The van der Waals surface area contributed by atoms with Crippen LogP contribution in [0.5, 0.6) is 0 Å². The second-order valence-electron chi connectivity index (χ2n) is 11.4. The molecule has 3 N–H and O–H groups in total. The monoisotopic (exact) mass is 572 g/mol. The fraction of sp³-hybridized carbons (Fsp3) is 0.424. The van der Waals surface area contributed by atoms with E-state index in [0.29, 0.717) is 30.1 Å².